The van der Waals surface area contributed by atoms with Crippen LogP contribution in [0.15, 0.2) is 23.1 Å². The zero-order chi connectivity index (χ0) is 12.6. The molecule has 0 aromatic heterocycles. The number of benzene rings is 1. The topological polar surface area (TPSA) is 69.4 Å². The SMILES string of the molecule is COc1cccc2c1C(CC(C)N)CS2(=O)=O. The van der Waals surface area contributed by atoms with Crippen molar-refractivity contribution in [3.8, 4) is 5.75 Å². The van der Waals surface area contributed by atoms with Gasteiger partial charge >= 0.3 is 0 Å². The van der Waals surface area contributed by atoms with Gasteiger partial charge in [0, 0.05) is 17.5 Å². The normalized spacial score (nSPS) is 23.1. The Morgan fingerprint density at radius 3 is 2.82 bits per heavy atom. The summed E-state index contributed by atoms with van der Waals surface area (Å²) in [4.78, 5) is 0.405. The Bertz CT molecular complexity index is 523. The smallest absolute Gasteiger partial charge is 0.179 e. The molecular weight excluding hydrogens is 238 g/mol. The van der Waals surface area contributed by atoms with E-state index in [1.54, 1.807) is 25.3 Å². The van der Waals surface area contributed by atoms with Gasteiger partial charge in [-0.1, -0.05) is 6.07 Å². The van der Waals surface area contributed by atoms with E-state index in [0.717, 1.165) is 5.56 Å². The summed E-state index contributed by atoms with van der Waals surface area (Å²) in [6.07, 6.45) is 0.659. The maximum Gasteiger partial charge on any atom is 0.179 e. The predicted molar refractivity (Wildman–Crippen MR) is 66.1 cm³/mol. The number of nitrogens with two attached hydrogens (primary N) is 1. The average Bonchev–Trinajstić information content (AvgIpc) is 2.50. The molecule has 0 amide bonds. The highest BCUT2D eigenvalue weighted by Gasteiger charge is 2.37. The van der Waals surface area contributed by atoms with Crippen LogP contribution in [0.2, 0.25) is 0 Å². The zero-order valence-electron chi connectivity index (χ0n) is 10.0. The molecular formula is C12H17NO3S. The minimum Gasteiger partial charge on any atom is -0.496 e. The highest BCUT2D eigenvalue weighted by Crippen LogP contribution is 2.42. The Morgan fingerprint density at radius 2 is 2.24 bits per heavy atom. The van der Waals surface area contributed by atoms with Gasteiger partial charge in [-0.2, -0.15) is 0 Å². The summed E-state index contributed by atoms with van der Waals surface area (Å²) in [5, 5.41) is 0. The van der Waals surface area contributed by atoms with Crippen molar-refractivity contribution >= 4 is 9.84 Å². The lowest BCUT2D eigenvalue weighted by Crippen LogP contribution is -2.19. The summed E-state index contributed by atoms with van der Waals surface area (Å²) in [7, 11) is -1.61. The van der Waals surface area contributed by atoms with E-state index in [1.165, 1.54) is 0 Å². The van der Waals surface area contributed by atoms with Crippen LogP contribution in [0.4, 0.5) is 0 Å². The number of methoxy groups -OCH3 is 1. The van der Waals surface area contributed by atoms with Crippen molar-refractivity contribution in [3.05, 3.63) is 23.8 Å². The summed E-state index contributed by atoms with van der Waals surface area (Å²) >= 11 is 0. The standard InChI is InChI=1S/C12H17NO3S/c1-8(13)6-9-7-17(14,15)11-5-3-4-10(16-2)12(9)11/h3-5,8-9H,6-7,13H2,1-2H3. The number of fused-ring (bicyclic) bond motifs is 1. The Labute approximate surface area is 102 Å². The van der Waals surface area contributed by atoms with Gasteiger partial charge in [-0.3, -0.25) is 0 Å². The molecule has 0 fully saturated rings. The van der Waals surface area contributed by atoms with Crippen LogP contribution in [0.1, 0.15) is 24.8 Å². The van der Waals surface area contributed by atoms with Crippen LogP contribution in [0.25, 0.3) is 0 Å². The lowest BCUT2D eigenvalue weighted by atomic mass is 9.94. The van der Waals surface area contributed by atoms with Crippen molar-refractivity contribution in [2.24, 2.45) is 5.73 Å². The molecule has 4 nitrogen and oxygen atoms in total. The lowest BCUT2D eigenvalue weighted by Gasteiger charge is -2.15. The van der Waals surface area contributed by atoms with Gasteiger partial charge in [-0.05, 0) is 25.5 Å². The van der Waals surface area contributed by atoms with E-state index in [-0.39, 0.29) is 17.7 Å². The van der Waals surface area contributed by atoms with Crippen LogP contribution in [-0.4, -0.2) is 27.3 Å². The third-order valence-corrected chi connectivity index (χ3v) is 4.93. The van der Waals surface area contributed by atoms with E-state index < -0.39 is 9.84 Å². The molecule has 0 aliphatic carbocycles. The van der Waals surface area contributed by atoms with Gasteiger partial charge in [0.1, 0.15) is 5.75 Å². The fourth-order valence-electron chi connectivity index (χ4n) is 2.45. The van der Waals surface area contributed by atoms with Crippen LogP contribution >= 0.6 is 0 Å². The van der Waals surface area contributed by atoms with Crippen molar-refractivity contribution in [1.82, 2.24) is 0 Å². The minimum absolute atomic E-state index is 0.0222. The molecule has 2 unspecified atom stereocenters. The number of hydrogen-bond acceptors (Lipinski definition) is 4. The number of hydrogen-bond donors (Lipinski definition) is 1. The molecule has 1 aliphatic rings. The lowest BCUT2D eigenvalue weighted by molar-refractivity contribution is 0.403. The van der Waals surface area contributed by atoms with Gasteiger partial charge in [0.25, 0.3) is 0 Å². The van der Waals surface area contributed by atoms with Crippen molar-refractivity contribution in [3.63, 3.8) is 0 Å². The molecule has 0 spiro atoms. The second kappa shape index (κ2) is 4.31. The molecule has 2 atom stereocenters. The third-order valence-electron chi connectivity index (χ3n) is 3.07. The van der Waals surface area contributed by atoms with E-state index >= 15 is 0 Å². The first-order valence-corrected chi connectivity index (χ1v) is 7.26. The van der Waals surface area contributed by atoms with Crippen LogP contribution in [0.3, 0.4) is 0 Å². The van der Waals surface area contributed by atoms with Gasteiger partial charge in [-0.15, -0.1) is 0 Å². The number of ether oxygens (including phenoxy) is 1. The first kappa shape index (κ1) is 12.4. The molecule has 2 N–H and O–H groups in total. The fraction of sp³-hybridized carbons (Fsp3) is 0.500. The summed E-state index contributed by atoms with van der Waals surface area (Å²) in [5.74, 6) is 0.741. The maximum absolute atomic E-state index is 12.0. The second-order valence-corrected chi connectivity index (χ2v) is 6.57. The van der Waals surface area contributed by atoms with Crippen molar-refractivity contribution in [2.75, 3.05) is 12.9 Å². The van der Waals surface area contributed by atoms with Crippen LogP contribution in [-0.2, 0) is 9.84 Å². The average molecular weight is 255 g/mol. The monoisotopic (exact) mass is 255 g/mol. The summed E-state index contributed by atoms with van der Waals surface area (Å²) in [6.45, 7) is 1.89. The highest BCUT2D eigenvalue weighted by atomic mass is 32.2. The van der Waals surface area contributed by atoms with Crippen LogP contribution < -0.4 is 10.5 Å². The van der Waals surface area contributed by atoms with Crippen molar-refractivity contribution < 1.29 is 13.2 Å². The molecule has 1 aliphatic heterocycles. The molecule has 5 heteroatoms. The van der Waals surface area contributed by atoms with Crippen LogP contribution in [0, 0.1) is 0 Å². The molecule has 0 saturated heterocycles. The van der Waals surface area contributed by atoms with Crippen molar-refractivity contribution in [2.45, 2.75) is 30.2 Å². The molecule has 2 rings (SSSR count). The molecule has 17 heavy (non-hydrogen) atoms. The van der Waals surface area contributed by atoms with Gasteiger partial charge < -0.3 is 10.5 Å². The molecule has 94 valence electrons. The molecule has 0 saturated carbocycles. The zero-order valence-corrected chi connectivity index (χ0v) is 10.8. The Kier molecular flexibility index (Phi) is 3.14. The quantitative estimate of drug-likeness (QED) is 0.884. The van der Waals surface area contributed by atoms with Crippen molar-refractivity contribution in [1.29, 1.82) is 0 Å². The number of rotatable bonds is 3. The molecule has 1 aromatic rings. The van der Waals surface area contributed by atoms with Crippen LogP contribution in [0.5, 0.6) is 5.75 Å². The number of sulfone groups is 1. The largest absolute Gasteiger partial charge is 0.496 e. The van der Waals surface area contributed by atoms with E-state index in [4.69, 9.17) is 10.5 Å². The first-order valence-electron chi connectivity index (χ1n) is 5.61. The Morgan fingerprint density at radius 1 is 1.53 bits per heavy atom. The molecule has 1 heterocycles. The van der Waals surface area contributed by atoms with E-state index in [1.807, 2.05) is 6.92 Å². The van der Waals surface area contributed by atoms with E-state index in [0.29, 0.717) is 17.1 Å². The van der Waals surface area contributed by atoms with E-state index in [2.05, 4.69) is 0 Å². The maximum atomic E-state index is 12.0. The van der Waals surface area contributed by atoms with Gasteiger partial charge in [0.05, 0.1) is 17.8 Å². The third kappa shape index (κ3) is 2.17. The fourth-order valence-corrected chi connectivity index (χ4v) is 4.35. The first-order chi connectivity index (χ1) is 7.95. The highest BCUT2D eigenvalue weighted by molar-refractivity contribution is 7.91. The predicted octanol–water partition coefficient (Wildman–Crippen LogP) is 1.30. The summed E-state index contributed by atoms with van der Waals surface area (Å²) in [6, 6.07) is 5.14. The van der Waals surface area contributed by atoms with Gasteiger partial charge in [0.15, 0.2) is 9.84 Å². The molecule has 0 radical (unpaired) electrons. The Balaban J connectivity index is 2.54. The second-order valence-electron chi connectivity index (χ2n) is 4.56. The van der Waals surface area contributed by atoms with E-state index in [9.17, 15) is 8.42 Å². The minimum atomic E-state index is -3.17. The summed E-state index contributed by atoms with van der Waals surface area (Å²) in [5.41, 5.74) is 6.57. The van der Waals surface area contributed by atoms with Gasteiger partial charge in [-0.25, -0.2) is 8.42 Å². The molecule has 1 aromatic carbocycles. The molecule has 0 bridgehead atoms. The van der Waals surface area contributed by atoms with Gasteiger partial charge in [0.2, 0.25) is 0 Å². The summed E-state index contributed by atoms with van der Waals surface area (Å²) < 4.78 is 29.3. The Hall–Kier alpha value is -1.07.